The summed E-state index contributed by atoms with van der Waals surface area (Å²) >= 11 is 0. The molecule has 0 unspecified atom stereocenters. The first-order valence-corrected chi connectivity index (χ1v) is 12.2. The van der Waals surface area contributed by atoms with Gasteiger partial charge in [-0.15, -0.1) is 0 Å². The average molecular weight is 500 g/mol. The number of anilines is 3. The van der Waals surface area contributed by atoms with Gasteiger partial charge in [0.15, 0.2) is 5.82 Å². The van der Waals surface area contributed by atoms with Crippen molar-refractivity contribution in [3.63, 3.8) is 0 Å². The third-order valence-corrected chi connectivity index (χ3v) is 6.64. The van der Waals surface area contributed by atoms with Crippen LogP contribution < -0.4 is 10.6 Å². The van der Waals surface area contributed by atoms with E-state index in [1.54, 1.807) is 13.1 Å². The second-order valence-corrected chi connectivity index (χ2v) is 9.39. The van der Waals surface area contributed by atoms with Crippen LogP contribution in [0.4, 0.5) is 17.5 Å². The summed E-state index contributed by atoms with van der Waals surface area (Å²) in [4.78, 5) is 28.2. The van der Waals surface area contributed by atoms with Crippen molar-refractivity contribution in [3.8, 4) is 11.5 Å². The molecule has 10 nitrogen and oxygen atoms in total. The maximum absolute atomic E-state index is 12.8. The third kappa shape index (κ3) is 4.51. The lowest BCUT2D eigenvalue weighted by Crippen LogP contribution is -2.38. The number of aliphatic hydroxyl groups is 1. The second-order valence-electron chi connectivity index (χ2n) is 9.39. The molecule has 2 aromatic carbocycles. The fourth-order valence-corrected chi connectivity index (χ4v) is 4.73. The molecule has 10 heteroatoms. The Hall–Kier alpha value is -4.31. The van der Waals surface area contributed by atoms with Gasteiger partial charge in [-0.2, -0.15) is 9.97 Å². The van der Waals surface area contributed by atoms with Crippen molar-refractivity contribution in [1.82, 2.24) is 25.0 Å². The van der Waals surface area contributed by atoms with Crippen molar-refractivity contribution < 1.29 is 14.4 Å². The van der Waals surface area contributed by atoms with Crippen molar-refractivity contribution in [2.75, 3.05) is 23.8 Å². The standard InChI is InChI=1S/C27H29N7O3/c1-5-34-25(36)19-12-11-18(13-21(19)27(34,3)4)30-26-28-14-20(24-29-16(2)33-37-24)23(32-26)31-22(15-35)17-9-7-6-8-10-17/h6-14,22,35H,5,15H2,1-4H3,(H2,28,30,31,32)/t22-/m1/s1. The number of fused-ring (bicyclic) bond motifs is 1. The highest BCUT2D eigenvalue weighted by molar-refractivity contribution is 6.00. The van der Waals surface area contributed by atoms with Gasteiger partial charge in [0.25, 0.3) is 11.8 Å². The summed E-state index contributed by atoms with van der Waals surface area (Å²) in [7, 11) is 0. The minimum Gasteiger partial charge on any atom is -0.394 e. The molecule has 0 radical (unpaired) electrons. The molecule has 5 rings (SSSR count). The zero-order chi connectivity index (χ0) is 26.2. The number of aliphatic hydroxyl groups excluding tert-OH is 1. The molecule has 37 heavy (non-hydrogen) atoms. The van der Waals surface area contributed by atoms with Crippen molar-refractivity contribution in [2.24, 2.45) is 0 Å². The first-order chi connectivity index (χ1) is 17.8. The molecule has 1 aliphatic heterocycles. The highest BCUT2D eigenvalue weighted by Gasteiger charge is 2.42. The van der Waals surface area contributed by atoms with E-state index in [1.165, 1.54) is 0 Å². The Labute approximate surface area is 214 Å². The van der Waals surface area contributed by atoms with Crippen LogP contribution >= 0.6 is 0 Å². The first-order valence-electron chi connectivity index (χ1n) is 12.2. The number of amides is 1. The van der Waals surface area contributed by atoms with Crippen LogP contribution in [-0.4, -0.2) is 49.2 Å². The number of hydrogen-bond acceptors (Lipinski definition) is 9. The fraction of sp³-hybridized carbons (Fsp3) is 0.296. The van der Waals surface area contributed by atoms with E-state index >= 15 is 0 Å². The number of hydrogen-bond donors (Lipinski definition) is 3. The number of carbonyl (C=O) groups excluding carboxylic acids is 1. The van der Waals surface area contributed by atoms with Gasteiger partial charge < -0.3 is 25.2 Å². The predicted molar refractivity (Wildman–Crippen MR) is 139 cm³/mol. The van der Waals surface area contributed by atoms with Gasteiger partial charge in [0.05, 0.1) is 18.2 Å². The molecular weight excluding hydrogens is 470 g/mol. The Morgan fingerprint density at radius 1 is 1.11 bits per heavy atom. The van der Waals surface area contributed by atoms with Crippen LogP contribution in [0, 0.1) is 6.92 Å². The van der Waals surface area contributed by atoms with Gasteiger partial charge in [-0.25, -0.2) is 4.98 Å². The fourth-order valence-electron chi connectivity index (χ4n) is 4.73. The number of aryl methyl sites for hydroxylation is 1. The lowest BCUT2D eigenvalue weighted by Gasteiger charge is -2.31. The summed E-state index contributed by atoms with van der Waals surface area (Å²) in [5, 5.41) is 20.5. The Morgan fingerprint density at radius 3 is 2.57 bits per heavy atom. The van der Waals surface area contributed by atoms with Crippen molar-refractivity contribution in [2.45, 2.75) is 39.3 Å². The number of nitrogens with zero attached hydrogens (tertiary/aromatic N) is 5. The van der Waals surface area contributed by atoms with Crippen LogP contribution in [0.2, 0.25) is 0 Å². The van der Waals surface area contributed by atoms with Gasteiger partial charge in [0.1, 0.15) is 11.4 Å². The van der Waals surface area contributed by atoms with E-state index in [1.807, 2.05) is 74.2 Å². The monoisotopic (exact) mass is 499 g/mol. The van der Waals surface area contributed by atoms with Gasteiger partial charge in [0.2, 0.25) is 5.95 Å². The lowest BCUT2D eigenvalue weighted by molar-refractivity contribution is 0.0635. The molecule has 1 atom stereocenters. The van der Waals surface area contributed by atoms with E-state index in [-0.39, 0.29) is 18.4 Å². The van der Waals surface area contributed by atoms with Crippen molar-refractivity contribution >= 4 is 23.4 Å². The minimum atomic E-state index is -0.421. The summed E-state index contributed by atoms with van der Waals surface area (Å²) in [5.74, 6) is 1.56. The van der Waals surface area contributed by atoms with Crippen LogP contribution in [0.15, 0.2) is 59.3 Å². The topological polar surface area (TPSA) is 129 Å². The number of aromatic nitrogens is 4. The Morgan fingerprint density at radius 2 is 1.89 bits per heavy atom. The van der Waals surface area contributed by atoms with Crippen molar-refractivity contribution in [1.29, 1.82) is 0 Å². The van der Waals surface area contributed by atoms with Crippen LogP contribution in [0.1, 0.15) is 54.1 Å². The summed E-state index contributed by atoms with van der Waals surface area (Å²) in [6.07, 6.45) is 1.60. The van der Waals surface area contributed by atoms with Crippen molar-refractivity contribution in [3.05, 3.63) is 77.2 Å². The molecule has 3 N–H and O–H groups in total. The molecule has 1 amide bonds. The van der Waals surface area contributed by atoms with Gasteiger partial charge in [-0.3, -0.25) is 4.79 Å². The number of benzene rings is 2. The zero-order valence-electron chi connectivity index (χ0n) is 21.2. The molecule has 190 valence electrons. The molecular formula is C27H29N7O3. The summed E-state index contributed by atoms with van der Waals surface area (Å²) in [6, 6.07) is 14.8. The number of rotatable bonds is 8. The van der Waals surface area contributed by atoms with Crippen LogP contribution in [0.3, 0.4) is 0 Å². The summed E-state index contributed by atoms with van der Waals surface area (Å²) in [6.45, 7) is 8.28. The smallest absolute Gasteiger partial charge is 0.263 e. The van der Waals surface area contributed by atoms with E-state index in [2.05, 4.69) is 25.8 Å². The highest BCUT2D eigenvalue weighted by Crippen LogP contribution is 2.40. The normalized spacial score (nSPS) is 14.9. The average Bonchev–Trinajstić information content (AvgIpc) is 3.41. The quantitative estimate of drug-likeness (QED) is 0.322. The summed E-state index contributed by atoms with van der Waals surface area (Å²) in [5.41, 5.74) is 3.40. The van der Waals surface area contributed by atoms with Gasteiger partial charge in [-0.1, -0.05) is 35.5 Å². The minimum absolute atomic E-state index is 0.0342. The van der Waals surface area contributed by atoms with E-state index in [0.29, 0.717) is 35.3 Å². The molecule has 0 aliphatic carbocycles. The van der Waals surface area contributed by atoms with Gasteiger partial charge >= 0.3 is 0 Å². The molecule has 0 spiro atoms. The van der Waals surface area contributed by atoms with Crippen LogP contribution in [0.25, 0.3) is 11.5 Å². The Kier molecular flexibility index (Phi) is 6.34. The number of carbonyl (C=O) groups is 1. The molecule has 2 aromatic heterocycles. The van der Waals surface area contributed by atoms with E-state index in [0.717, 1.165) is 16.8 Å². The zero-order valence-corrected chi connectivity index (χ0v) is 21.2. The molecule has 0 bridgehead atoms. The van der Waals surface area contributed by atoms with Crippen LogP contribution in [0.5, 0.6) is 0 Å². The Balaban J connectivity index is 1.49. The molecule has 0 saturated carbocycles. The molecule has 3 heterocycles. The maximum Gasteiger partial charge on any atom is 0.263 e. The molecule has 1 aliphatic rings. The molecule has 0 saturated heterocycles. The lowest BCUT2D eigenvalue weighted by atomic mass is 9.93. The van der Waals surface area contributed by atoms with Gasteiger partial charge in [-0.05, 0) is 57.0 Å². The molecule has 0 fully saturated rings. The highest BCUT2D eigenvalue weighted by atomic mass is 16.5. The number of nitrogens with one attached hydrogen (secondary N) is 2. The van der Waals surface area contributed by atoms with E-state index < -0.39 is 11.6 Å². The second kappa shape index (κ2) is 9.62. The van der Waals surface area contributed by atoms with Crippen LogP contribution in [-0.2, 0) is 5.54 Å². The predicted octanol–water partition coefficient (Wildman–Crippen LogP) is 4.43. The van der Waals surface area contributed by atoms with E-state index in [9.17, 15) is 9.90 Å². The first kappa shape index (κ1) is 24.4. The van der Waals surface area contributed by atoms with E-state index in [4.69, 9.17) is 9.51 Å². The third-order valence-electron chi connectivity index (χ3n) is 6.64. The maximum atomic E-state index is 12.8. The van der Waals surface area contributed by atoms with Gasteiger partial charge in [0, 0.05) is 24.0 Å². The largest absolute Gasteiger partial charge is 0.394 e. The summed E-state index contributed by atoms with van der Waals surface area (Å²) < 4.78 is 5.37. The Bertz CT molecular complexity index is 1440. The molecule has 4 aromatic rings. The SMILES string of the molecule is CCN1C(=O)c2ccc(Nc3ncc(-c4nc(C)no4)c(N[C@H](CO)c4ccccc4)n3)cc2C1(C)C.